The molecule has 0 unspecified atom stereocenters. The molecule has 0 bridgehead atoms. The van der Waals surface area contributed by atoms with Crippen LogP contribution in [0.5, 0.6) is 0 Å². The molecule has 0 saturated heterocycles. The summed E-state index contributed by atoms with van der Waals surface area (Å²) < 4.78 is 15.4. The van der Waals surface area contributed by atoms with Crippen molar-refractivity contribution in [3.63, 3.8) is 0 Å². The summed E-state index contributed by atoms with van der Waals surface area (Å²) in [4.78, 5) is 25.1. The fraction of sp³-hybridized carbons (Fsp3) is 0.190. The molecule has 6 heteroatoms. The highest BCUT2D eigenvalue weighted by Crippen LogP contribution is 2.21. The Balaban J connectivity index is 2.05. The molecular formula is C21H20FN3O2. The second-order valence-electron chi connectivity index (χ2n) is 6.28. The maximum atomic E-state index is 14.1. The van der Waals surface area contributed by atoms with Gasteiger partial charge in [-0.05, 0) is 43.5 Å². The maximum absolute atomic E-state index is 14.1. The van der Waals surface area contributed by atoms with Gasteiger partial charge >= 0.3 is 0 Å². The van der Waals surface area contributed by atoms with E-state index in [1.807, 2.05) is 32.0 Å². The molecule has 0 aliphatic rings. The van der Waals surface area contributed by atoms with Crippen molar-refractivity contribution in [2.24, 2.45) is 0 Å². The molecule has 0 aliphatic heterocycles. The summed E-state index contributed by atoms with van der Waals surface area (Å²) in [6.45, 7) is 5.51. The van der Waals surface area contributed by atoms with E-state index < -0.39 is 17.2 Å². The number of aryl methyl sites for hydroxylation is 3. The summed E-state index contributed by atoms with van der Waals surface area (Å²) in [5.74, 6) is -1.11. The number of rotatable bonds is 4. The van der Waals surface area contributed by atoms with Gasteiger partial charge in [0.15, 0.2) is 5.69 Å². The first-order chi connectivity index (χ1) is 12.9. The zero-order chi connectivity index (χ0) is 19.6. The minimum absolute atomic E-state index is 0.175. The van der Waals surface area contributed by atoms with Crippen LogP contribution in [0.4, 0.5) is 10.1 Å². The van der Waals surface area contributed by atoms with Crippen LogP contribution in [0, 0.1) is 19.7 Å². The van der Waals surface area contributed by atoms with Crippen LogP contribution in [0.2, 0.25) is 0 Å². The first kappa shape index (κ1) is 18.5. The molecule has 0 aliphatic carbocycles. The number of nitrogens with zero attached hydrogens (tertiary/aromatic N) is 2. The Bertz CT molecular complexity index is 1070. The van der Waals surface area contributed by atoms with Crippen molar-refractivity contribution in [1.29, 1.82) is 0 Å². The topological polar surface area (TPSA) is 64.0 Å². The van der Waals surface area contributed by atoms with Crippen LogP contribution in [-0.2, 0) is 6.42 Å². The number of carbonyl (C=O) groups is 1. The highest BCUT2D eigenvalue weighted by molar-refractivity contribution is 6.03. The van der Waals surface area contributed by atoms with E-state index in [9.17, 15) is 14.0 Å². The van der Waals surface area contributed by atoms with Gasteiger partial charge in [0.05, 0.1) is 0 Å². The van der Waals surface area contributed by atoms with Gasteiger partial charge in [-0.15, -0.1) is 0 Å². The Morgan fingerprint density at radius 2 is 1.89 bits per heavy atom. The second kappa shape index (κ2) is 7.53. The van der Waals surface area contributed by atoms with Crippen LogP contribution in [0.15, 0.2) is 53.3 Å². The lowest BCUT2D eigenvalue weighted by molar-refractivity contribution is 0.101. The third-order valence-electron chi connectivity index (χ3n) is 4.38. The number of halogens is 1. The normalized spacial score (nSPS) is 10.7. The zero-order valence-corrected chi connectivity index (χ0v) is 15.4. The summed E-state index contributed by atoms with van der Waals surface area (Å²) in [6.07, 6.45) is 0.734. The van der Waals surface area contributed by atoms with E-state index in [-0.39, 0.29) is 11.4 Å². The quantitative estimate of drug-likeness (QED) is 0.765. The van der Waals surface area contributed by atoms with Crippen LogP contribution < -0.4 is 10.7 Å². The molecule has 0 radical (unpaired) electrons. The van der Waals surface area contributed by atoms with Crippen LogP contribution in [-0.4, -0.2) is 15.7 Å². The van der Waals surface area contributed by atoms with Crippen LogP contribution in [0.3, 0.4) is 0 Å². The number of hydrogen-bond acceptors (Lipinski definition) is 3. The van der Waals surface area contributed by atoms with E-state index in [0.717, 1.165) is 17.5 Å². The van der Waals surface area contributed by atoms with Gasteiger partial charge in [-0.2, -0.15) is 5.10 Å². The molecule has 27 heavy (non-hydrogen) atoms. The standard InChI is InChI=1S/C21H20FN3O2/c1-4-15-9-7-8-13(2)19(15)23-21(27)20-18(26)12-14(3)25(24-20)17-11-6-5-10-16(17)22/h5-12H,4H2,1-3H3,(H,23,27). The maximum Gasteiger partial charge on any atom is 0.280 e. The molecule has 1 heterocycles. The summed E-state index contributed by atoms with van der Waals surface area (Å²) >= 11 is 0. The van der Waals surface area contributed by atoms with Gasteiger partial charge in [0.25, 0.3) is 5.91 Å². The number of benzene rings is 2. The molecule has 2 aromatic carbocycles. The van der Waals surface area contributed by atoms with Gasteiger partial charge in [-0.25, -0.2) is 9.07 Å². The molecule has 0 saturated carbocycles. The predicted octanol–water partition coefficient (Wildman–Crippen LogP) is 3.80. The lowest BCUT2D eigenvalue weighted by atomic mass is 10.1. The average Bonchev–Trinajstić information content (AvgIpc) is 2.64. The fourth-order valence-corrected chi connectivity index (χ4v) is 2.95. The summed E-state index contributed by atoms with van der Waals surface area (Å²) in [7, 11) is 0. The van der Waals surface area contributed by atoms with Gasteiger partial charge in [0.2, 0.25) is 5.43 Å². The number of carbonyl (C=O) groups excluding carboxylic acids is 1. The van der Waals surface area contributed by atoms with Crippen molar-refractivity contribution < 1.29 is 9.18 Å². The summed E-state index contributed by atoms with van der Waals surface area (Å²) in [6, 6.07) is 13.1. The summed E-state index contributed by atoms with van der Waals surface area (Å²) in [5, 5.41) is 6.93. The number of nitrogens with one attached hydrogen (secondary N) is 1. The van der Waals surface area contributed by atoms with E-state index in [1.165, 1.54) is 22.9 Å². The molecule has 1 amide bonds. The molecule has 0 atom stereocenters. The number of aromatic nitrogens is 2. The first-order valence-electron chi connectivity index (χ1n) is 8.68. The van der Waals surface area contributed by atoms with E-state index in [4.69, 9.17) is 0 Å². The van der Waals surface area contributed by atoms with Crippen molar-refractivity contribution >= 4 is 11.6 Å². The van der Waals surface area contributed by atoms with Crippen molar-refractivity contribution in [2.75, 3.05) is 5.32 Å². The molecule has 3 rings (SSSR count). The van der Waals surface area contributed by atoms with E-state index in [1.54, 1.807) is 19.1 Å². The third-order valence-corrected chi connectivity index (χ3v) is 4.38. The van der Waals surface area contributed by atoms with Crippen LogP contribution >= 0.6 is 0 Å². The SMILES string of the molecule is CCc1cccc(C)c1NC(=O)c1nn(-c2ccccc2F)c(C)cc1=O. The van der Waals surface area contributed by atoms with Gasteiger partial charge in [0, 0.05) is 17.4 Å². The Morgan fingerprint density at radius 1 is 1.15 bits per heavy atom. The Morgan fingerprint density at radius 3 is 2.59 bits per heavy atom. The highest BCUT2D eigenvalue weighted by Gasteiger charge is 2.18. The van der Waals surface area contributed by atoms with Crippen molar-refractivity contribution in [1.82, 2.24) is 9.78 Å². The summed E-state index contributed by atoms with van der Waals surface area (Å²) in [5.41, 5.74) is 2.35. The van der Waals surface area contributed by atoms with Crippen molar-refractivity contribution in [3.8, 4) is 5.69 Å². The van der Waals surface area contributed by atoms with E-state index in [2.05, 4.69) is 10.4 Å². The monoisotopic (exact) mass is 365 g/mol. The molecular weight excluding hydrogens is 345 g/mol. The Hall–Kier alpha value is -3.28. The molecule has 138 valence electrons. The Kier molecular flexibility index (Phi) is 5.16. The smallest absolute Gasteiger partial charge is 0.280 e. The second-order valence-corrected chi connectivity index (χ2v) is 6.28. The molecule has 3 aromatic rings. The minimum Gasteiger partial charge on any atom is -0.320 e. The lowest BCUT2D eigenvalue weighted by Gasteiger charge is -2.14. The number of amides is 1. The highest BCUT2D eigenvalue weighted by atomic mass is 19.1. The molecule has 1 aromatic heterocycles. The first-order valence-corrected chi connectivity index (χ1v) is 8.68. The number of para-hydroxylation sites is 2. The van der Waals surface area contributed by atoms with Crippen LogP contribution in [0.1, 0.15) is 34.2 Å². The van der Waals surface area contributed by atoms with Crippen molar-refractivity contribution in [2.45, 2.75) is 27.2 Å². The molecule has 1 N–H and O–H groups in total. The van der Waals surface area contributed by atoms with Crippen molar-refractivity contribution in [3.05, 3.63) is 87.1 Å². The zero-order valence-electron chi connectivity index (χ0n) is 15.4. The average molecular weight is 365 g/mol. The third kappa shape index (κ3) is 3.65. The number of anilines is 1. The van der Waals surface area contributed by atoms with E-state index in [0.29, 0.717) is 11.4 Å². The molecule has 5 nitrogen and oxygen atoms in total. The molecule has 0 spiro atoms. The molecule has 0 fully saturated rings. The number of hydrogen-bond donors (Lipinski definition) is 1. The predicted molar refractivity (Wildman–Crippen MR) is 103 cm³/mol. The fourth-order valence-electron chi connectivity index (χ4n) is 2.95. The lowest BCUT2D eigenvalue weighted by Crippen LogP contribution is -2.27. The largest absolute Gasteiger partial charge is 0.320 e. The van der Waals surface area contributed by atoms with Gasteiger partial charge < -0.3 is 5.32 Å². The Labute approximate surface area is 156 Å². The van der Waals surface area contributed by atoms with Gasteiger partial charge in [-0.3, -0.25) is 9.59 Å². The van der Waals surface area contributed by atoms with Gasteiger partial charge in [-0.1, -0.05) is 37.3 Å². The van der Waals surface area contributed by atoms with Gasteiger partial charge in [0.1, 0.15) is 11.5 Å². The van der Waals surface area contributed by atoms with Crippen LogP contribution in [0.25, 0.3) is 5.69 Å². The van der Waals surface area contributed by atoms with E-state index >= 15 is 0 Å². The minimum atomic E-state index is -0.617.